The van der Waals surface area contributed by atoms with E-state index in [1.165, 1.54) is 37.5 Å². The molecule has 1 aliphatic carbocycles. The van der Waals surface area contributed by atoms with Crippen LogP contribution in [0.3, 0.4) is 0 Å². The van der Waals surface area contributed by atoms with Gasteiger partial charge in [-0.3, -0.25) is 4.79 Å². The lowest BCUT2D eigenvalue weighted by molar-refractivity contribution is -0.132. The SMILES string of the molecule is COc1ccc(CNc2nc(Cc3c(C)nc4nonc4c3N)ccc2OC(F)F)cc1OC.Cc1nc2nonc2c(N)c1CC1=CC=C(OC(F)F)C(=O)C1.Cc1nc2nonc2c(N)c1Cc1ccc(OC(F)F)c(Br)n1.Cc1nc2nonc2c(N)c1Cc1ccc(OC(F)F)c(N)n1. The van der Waals surface area contributed by atoms with E-state index in [-0.39, 0.29) is 58.6 Å². The molecule has 538 valence electrons. The number of benzene rings is 1. The van der Waals surface area contributed by atoms with Crippen LogP contribution in [-0.4, -0.2) is 123 Å². The van der Waals surface area contributed by atoms with E-state index in [1.807, 2.05) is 6.07 Å². The zero-order valence-corrected chi connectivity index (χ0v) is 56.0. The first-order chi connectivity index (χ1) is 49.2. The zero-order valence-electron chi connectivity index (χ0n) is 54.4. The first-order valence-corrected chi connectivity index (χ1v) is 30.6. The summed E-state index contributed by atoms with van der Waals surface area (Å²) < 4.78 is 146. The molecule has 0 spiro atoms. The van der Waals surface area contributed by atoms with Crippen molar-refractivity contribution in [2.24, 2.45) is 0 Å². The minimum Gasteiger partial charge on any atom is -0.493 e. The summed E-state index contributed by atoms with van der Waals surface area (Å²) in [6.45, 7) is -4.55. The normalized spacial score (nSPS) is 12.1. The number of carbonyl (C=O) groups is 1. The lowest BCUT2D eigenvalue weighted by Crippen LogP contribution is -2.14. The summed E-state index contributed by atoms with van der Waals surface area (Å²) in [5, 5.41) is 32.6. The Balaban J connectivity index is 0.000000150. The summed E-state index contributed by atoms with van der Waals surface area (Å²) in [5.74, 6) is -0.00246. The third kappa shape index (κ3) is 17.6. The minimum atomic E-state index is -3.02. The van der Waals surface area contributed by atoms with Crippen molar-refractivity contribution < 1.29 is 86.9 Å². The van der Waals surface area contributed by atoms with Gasteiger partial charge in [-0.15, -0.1) is 0 Å². The molecule has 11 N–H and O–H groups in total. The summed E-state index contributed by atoms with van der Waals surface area (Å²) in [6.07, 6.45) is 4.07. The smallest absolute Gasteiger partial charge is 0.387 e. The number of anilines is 6. The van der Waals surface area contributed by atoms with Crippen LogP contribution < -0.4 is 57.7 Å². The monoisotopic (exact) mass is 1500 g/mol. The van der Waals surface area contributed by atoms with Gasteiger partial charge in [0.25, 0.3) is 0 Å². The molecule has 11 heterocycles. The number of hydrogen-bond donors (Lipinski definition) is 6. The summed E-state index contributed by atoms with van der Waals surface area (Å²) >= 11 is 3.11. The van der Waals surface area contributed by atoms with Crippen LogP contribution in [0.5, 0.6) is 28.7 Å². The average Bonchev–Trinajstić information content (AvgIpc) is 1.77. The number of hydrogen-bond acceptors (Lipinski definition) is 32. The maximum absolute atomic E-state index is 13.0. The van der Waals surface area contributed by atoms with Gasteiger partial charge in [0.15, 0.2) is 68.2 Å². The molecule has 0 atom stereocenters. The molecular weight excluding hydrogens is 1450 g/mol. The average molecular weight is 1500 g/mol. The molecule has 0 saturated heterocycles. The second-order valence-corrected chi connectivity index (χ2v) is 22.5. The van der Waals surface area contributed by atoms with Gasteiger partial charge in [-0.1, -0.05) is 17.7 Å². The summed E-state index contributed by atoms with van der Waals surface area (Å²) in [5.41, 5.74) is 42.9. The van der Waals surface area contributed by atoms with Crippen molar-refractivity contribution >= 4 is 101 Å². The number of nitrogen functional groups attached to an aromatic ring is 5. The molecule has 12 aromatic rings. The van der Waals surface area contributed by atoms with Crippen LogP contribution in [0.25, 0.3) is 44.7 Å². The third-order valence-corrected chi connectivity index (χ3v) is 15.7. The number of allylic oxidation sites excluding steroid dienone is 4. The van der Waals surface area contributed by atoms with Crippen LogP contribution in [0.4, 0.5) is 69.5 Å². The number of pyridine rings is 7. The van der Waals surface area contributed by atoms with E-state index in [1.54, 1.807) is 65.1 Å². The Labute approximate surface area is 581 Å². The molecular formula is C62H56BrF8N21O11. The maximum Gasteiger partial charge on any atom is 0.387 e. The van der Waals surface area contributed by atoms with Crippen LogP contribution in [0.15, 0.2) is 101 Å². The molecule has 0 aliphatic heterocycles. The highest BCUT2D eigenvalue weighted by Gasteiger charge is 2.25. The molecule has 0 bridgehead atoms. The predicted molar refractivity (Wildman–Crippen MR) is 352 cm³/mol. The molecule has 0 fully saturated rings. The van der Waals surface area contributed by atoms with Crippen LogP contribution in [-0.2, 0) is 41.8 Å². The molecule has 13 rings (SSSR count). The number of rotatable bonds is 21. The maximum atomic E-state index is 13.0. The minimum absolute atomic E-state index is 0.0213. The number of ketones is 1. The second kappa shape index (κ2) is 32.2. The second-order valence-electron chi connectivity index (χ2n) is 21.8. The van der Waals surface area contributed by atoms with Gasteiger partial charge < -0.3 is 62.4 Å². The van der Waals surface area contributed by atoms with E-state index in [0.29, 0.717) is 160 Å². The molecule has 103 heavy (non-hydrogen) atoms. The molecule has 11 aromatic heterocycles. The Morgan fingerprint density at radius 2 is 0.845 bits per heavy atom. The highest BCUT2D eigenvalue weighted by Crippen LogP contribution is 2.35. The quantitative estimate of drug-likeness (QED) is 0.0287. The van der Waals surface area contributed by atoms with E-state index < -0.39 is 32.2 Å². The topological polar surface area (TPSA) is 460 Å². The lowest BCUT2D eigenvalue weighted by Gasteiger charge is -2.15. The van der Waals surface area contributed by atoms with Crippen molar-refractivity contribution in [3.05, 3.63) is 150 Å². The number of aromatic nitrogens is 15. The number of nitrogens with zero attached hydrogens (tertiary/aromatic N) is 15. The van der Waals surface area contributed by atoms with Crippen molar-refractivity contribution in [1.29, 1.82) is 0 Å². The van der Waals surface area contributed by atoms with Crippen LogP contribution >= 0.6 is 15.9 Å². The van der Waals surface area contributed by atoms with Crippen molar-refractivity contribution in [2.75, 3.05) is 48.2 Å². The van der Waals surface area contributed by atoms with Crippen LogP contribution in [0, 0.1) is 27.7 Å². The molecule has 1 aliphatic rings. The van der Waals surface area contributed by atoms with Crippen molar-refractivity contribution in [3.8, 4) is 28.7 Å². The van der Waals surface area contributed by atoms with Crippen molar-refractivity contribution in [3.63, 3.8) is 0 Å². The Morgan fingerprint density at radius 3 is 1.26 bits per heavy atom. The summed E-state index contributed by atoms with van der Waals surface area (Å²) in [7, 11) is 3.07. The Morgan fingerprint density at radius 1 is 0.456 bits per heavy atom. The van der Waals surface area contributed by atoms with Gasteiger partial charge in [0.2, 0.25) is 28.4 Å². The molecule has 1 aromatic carbocycles. The fraction of sp³-hybridized carbons (Fsp3) is 0.258. The number of aryl methyl sites for hydroxylation is 4. The number of ether oxygens (including phenoxy) is 6. The molecule has 41 heteroatoms. The summed E-state index contributed by atoms with van der Waals surface area (Å²) in [4.78, 5) is 41.6. The highest BCUT2D eigenvalue weighted by atomic mass is 79.9. The van der Waals surface area contributed by atoms with Gasteiger partial charge in [0.05, 0.1) is 37.0 Å². The van der Waals surface area contributed by atoms with Crippen molar-refractivity contribution in [2.45, 2.75) is 92.8 Å². The van der Waals surface area contributed by atoms with E-state index in [9.17, 15) is 39.9 Å². The molecule has 0 saturated carbocycles. The molecule has 0 radical (unpaired) electrons. The number of nitrogens with two attached hydrogens (primary N) is 5. The van der Waals surface area contributed by atoms with Gasteiger partial charge in [0, 0.05) is 94.3 Å². The number of halogens is 9. The molecule has 32 nitrogen and oxygen atoms in total. The largest absolute Gasteiger partial charge is 0.493 e. The number of Topliss-reactive ketones (excluding diaryl/α,β-unsaturated/α-hetero) is 1. The fourth-order valence-electron chi connectivity index (χ4n) is 10.2. The van der Waals surface area contributed by atoms with Crippen LogP contribution in [0.2, 0.25) is 0 Å². The zero-order chi connectivity index (χ0) is 73.9. The van der Waals surface area contributed by atoms with Gasteiger partial charge in [0.1, 0.15) is 4.60 Å². The van der Waals surface area contributed by atoms with Gasteiger partial charge in [-0.05, 0) is 151 Å². The Hall–Kier alpha value is -12.5. The number of carbonyl (C=O) groups excluding carboxylic acids is 1. The van der Waals surface area contributed by atoms with Gasteiger partial charge >= 0.3 is 26.4 Å². The van der Waals surface area contributed by atoms with E-state index in [0.717, 1.165) is 11.1 Å². The molecule has 0 amide bonds. The first-order valence-electron chi connectivity index (χ1n) is 29.8. The number of methoxy groups -OCH3 is 2. The standard InChI is InChI=1S/C22H22F2N6O4.C14H12F2N4O3.C13H10BrF2N5O2.C13H12F2N6O2/c1-11-14(18(25)19-21(27-11)30-34-29-19)9-13-5-7-16(33-22(23)24)20(28-13)26-10-12-4-6-15(31-2)17(8-12)32-3;1-6-8(11(17)12-13(18-6)20-23-19-12)4-7-2-3-10(9(21)5-7)22-14(15)16;1-5-7(9(17)10-12(18-5)21-23-20-10)4-6-2-3-8(11(14)19-6)22-13(15)16;1-5-7(9(16)10-12(18-5)21-23-20-10)4-6-2-3-8(11(17)19-6)22-13(14)15/h4-8,22H,9-10,25H2,1-3H3,(H,26,28);2-3,14H,4-5,17H2,1H3;2-3,13H,4,17H2,1H3;2-3,13H,4,16H2,1H3,(H2,17,19). The van der Waals surface area contributed by atoms with Crippen LogP contribution in [0.1, 0.15) is 74.1 Å². The highest BCUT2D eigenvalue weighted by molar-refractivity contribution is 9.10. The predicted octanol–water partition coefficient (Wildman–Crippen LogP) is 10.3. The number of alkyl halides is 8. The lowest BCUT2D eigenvalue weighted by atomic mass is 9.94. The number of fused-ring (bicyclic) bond motifs is 4. The van der Waals surface area contributed by atoms with Gasteiger partial charge in [-0.25, -0.2) is 53.4 Å². The Bertz CT molecular complexity index is 5000. The van der Waals surface area contributed by atoms with E-state index in [2.05, 4.69) is 130 Å². The third-order valence-electron chi connectivity index (χ3n) is 15.2. The van der Waals surface area contributed by atoms with Crippen molar-refractivity contribution in [1.82, 2.24) is 76.1 Å². The van der Waals surface area contributed by atoms with Gasteiger partial charge in [-0.2, -0.15) is 35.1 Å². The number of nitrogens with one attached hydrogen (secondary N) is 1. The Kier molecular flexibility index (Phi) is 22.9. The first kappa shape index (κ1) is 73.3. The van der Waals surface area contributed by atoms with E-state index >= 15 is 0 Å². The fourth-order valence-corrected chi connectivity index (χ4v) is 10.7. The summed E-state index contributed by atoms with van der Waals surface area (Å²) in [6, 6.07) is 14.2. The molecule has 0 unspecified atom stereocenters. The van der Waals surface area contributed by atoms with E-state index in [4.69, 9.17) is 42.8 Å².